The molecule has 1 unspecified atom stereocenters. The van der Waals surface area contributed by atoms with Gasteiger partial charge in [0.05, 0.1) is 11.0 Å². The molecule has 1 fully saturated rings. The molecular formula is C13H17N5O2S. The standard InChI is InChI=1S/C13H17N5O2S/c1-8-7-21-10(16-8)4-6-15-12(19)11-17-13(20-18-11)9-3-2-5-14-9/h7,9,14H,2-6H2,1H3,(H,15,19). The summed E-state index contributed by atoms with van der Waals surface area (Å²) >= 11 is 1.60. The summed E-state index contributed by atoms with van der Waals surface area (Å²) in [6.07, 6.45) is 2.76. The average Bonchev–Trinajstić information content (AvgIpc) is 3.19. The molecule has 1 aliphatic heterocycles. The molecule has 21 heavy (non-hydrogen) atoms. The van der Waals surface area contributed by atoms with E-state index in [0.717, 1.165) is 30.1 Å². The van der Waals surface area contributed by atoms with Gasteiger partial charge in [-0.05, 0) is 26.3 Å². The van der Waals surface area contributed by atoms with E-state index in [1.165, 1.54) is 0 Å². The maximum absolute atomic E-state index is 11.9. The van der Waals surface area contributed by atoms with E-state index in [2.05, 4.69) is 25.8 Å². The summed E-state index contributed by atoms with van der Waals surface area (Å²) in [6, 6.07) is 0.0809. The number of carbonyl (C=O) groups is 1. The number of amides is 1. The van der Waals surface area contributed by atoms with Crippen molar-refractivity contribution in [3.63, 3.8) is 0 Å². The van der Waals surface area contributed by atoms with Crippen LogP contribution in [0.3, 0.4) is 0 Å². The molecule has 2 aromatic rings. The van der Waals surface area contributed by atoms with Crippen LogP contribution in [0.5, 0.6) is 0 Å². The van der Waals surface area contributed by atoms with Gasteiger partial charge in [-0.15, -0.1) is 11.3 Å². The average molecular weight is 307 g/mol. The molecule has 2 N–H and O–H groups in total. The van der Waals surface area contributed by atoms with Crippen LogP contribution in [0.25, 0.3) is 0 Å². The molecule has 1 amide bonds. The van der Waals surface area contributed by atoms with Crippen molar-refractivity contribution in [1.82, 2.24) is 25.8 Å². The molecule has 0 bridgehead atoms. The molecule has 7 nitrogen and oxygen atoms in total. The van der Waals surface area contributed by atoms with Gasteiger partial charge in [0.2, 0.25) is 5.89 Å². The van der Waals surface area contributed by atoms with E-state index in [4.69, 9.17) is 4.52 Å². The molecule has 0 spiro atoms. The second-order valence-corrected chi connectivity index (χ2v) is 5.94. The maximum Gasteiger partial charge on any atom is 0.292 e. The Balaban J connectivity index is 1.50. The molecule has 3 rings (SSSR count). The van der Waals surface area contributed by atoms with Gasteiger partial charge in [0.1, 0.15) is 0 Å². The van der Waals surface area contributed by atoms with Gasteiger partial charge in [-0.1, -0.05) is 5.16 Å². The van der Waals surface area contributed by atoms with Crippen LogP contribution in [-0.4, -0.2) is 34.1 Å². The Morgan fingerprint density at radius 1 is 1.57 bits per heavy atom. The lowest BCUT2D eigenvalue weighted by molar-refractivity contribution is 0.0941. The summed E-state index contributed by atoms with van der Waals surface area (Å²) in [5, 5.41) is 12.8. The normalized spacial score (nSPS) is 18.0. The van der Waals surface area contributed by atoms with Crippen molar-refractivity contribution in [1.29, 1.82) is 0 Å². The monoisotopic (exact) mass is 307 g/mol. The van der Waals surface area contributed by atoms with Crippen molar-refractivity contribution in [3.05, 3.63) is 27.8 Å². The molecule has 3 heterocycles. The number of carbonyl (C=O) groups excluding carboxylic acids is 1. The summed E-state index contributed by atoms with van der Waals surface area (Å²) in [5.74, 6) is 0.276. The Kier molecular flexibility index (Phi) is 4.26. The zero-order chi connectivity index (χ0) is 14.7. The number of aromatic nitrogens is 3. The molecule has 1 aliphatic rings. The summed E-state index contributed by atoms with van der Waals surface area (Å²) in [7, 11) is 0. The molecular weight excluding hydrogens is 290 g/mol. The number of thiazole rings is 1. The van der Waals surface area contributed by atoms with Gasteiger partial charge in [0.25, 0.3) is 11.7 Å². The van der Waals surface area contributed by atoms with Crippen molar-refractivity contribution >= 4 is 17.2 Å². The van der Waals surface area contributed by atoms with Crippen LogP contribution in [0.1, 0.15) is 46.1 Å². The van der Waals surface area contributed by atoms with Gasteiger partial charge in [0, 0.05) is 24.0 Å². The maximum atomic E-state index is 11.9. The summed E-state index contributed by atoms with van der Waals surface area (Å²) in [4.78, 5) is 20.4. The van der Waals surface area contributed by atoms with Gasteiger partial charge in [-0.3, -0.25) is 4.79 Å². The predicted octanol–water partition coefficient (Wildman–Crippen LogP) is 1.23. The number of nitrogens with zero attached hydrogens (tertiary/aromatic N) is 3. The quantitative estimate of drug-likeness (QED) is 0.863. The molecule has 112 valence electrons. The summed E-state index contributed by atoms with van der Waals surface area (Å²) < 4.78 is 5.14. The van der Waals surface area contributed by atoms with Crippen LogP contribution in [0.2, 0.25) is 0 Å². The molecule has 0 saturated carbocycles. The number of hydrogen-bond acceptors (Lipinski definition) is 7. The van der Waals surface area contributed by atoms with Crippen molar-refractivity contribution in [2.24, 2.45) is 0 Å². The number of aryl methyl sites for hydroxylation is 1. The molecule has 0 aliphatic carbocycles. The molecule has 0 aromatic carbocycles. The number of nitrogens with one attached hydrogen (secondary N) is 2. The first kappa shape index (κ1) is 14.2. The topological polar surface area (TPSA) is 92.9 Å². The molecule has 1 atom stereocenters. The number of rotatable bonds is 5. The predicted molar refractivity (Wildman–Crippen MR) is 77.2 cm³/mol. The molecule has 8 heteroatoms. The van der Waals surface area contributed by atoms with Crippen LogP contribution in [0.4, 0.5) is 0 Å². The minimum absolute atomic E-state index is 0.0809. The SMILES string of the molecule is Cc1csc(CCNC(=O)c2noc(C3CCCN3)n2)n1. The molecule has 0 radical (unpaired) electrons. The van der Waals surface area contributed by atoms with Crippen LogP contribution in [0.15, 0.2) is 9.90 Å². The minimum Gasteiger partial charge on any atom is -0.349 e. The highest BCUT2D eigenvalue weighted by atomic mass is 32.1. The Bertz CT molecular complexity index is 618. The fourth-order valence-corrected chi connectivity index (χ4v) is 3.02. The lowest BCUT2D eigenvalue weighted by atomic mass is 10.2. The van der Waals surface area contributed by atoms with E-state index in [9.17, 15) is 4.79 Å². The van der Waals surface area contributed by atoms with E-state index in [1.54, 1.807) is 11.3 Å². The number of hydrogen-bond donors (Lipinski definition) is 2. The lowest BCUT2D eigenvalue weighted by Crippen LogP contribution is -2.26. The van der Waals surface area contributed by atoms with Gasteiger partial charge in [-0.2, -0.15) is 4.98 Å². The first-order valence-electron chi connectivity index (χ1n) is 6.98. The highest BCUT2D eigenvalue weighted by Crippen LogP contribution is 2.20. The highest BCUT2D eigenvalue weighted by molar-refractivity contribution is 7.09. The summed E-state index contributed by atoms with van der Waals surface area (Å²) in [5.41, 5.74) is 1.01. The Morgan fingerprint density at radius 3 is 3.19 bits per heavy atom. The Morgan fingerprint density at radius 2 is 2.48 bits per heavy atom. The third-order valence-electron chi connectivity index (χ3n) is 3.29. The van der Waals surface area contributed by atoms with Crippen molar-refractivity contribution in [2.45, 2.75) is 32.2 Å². The Labute approximate surface area is 126 Å². The van der Waals surface area contributed by atoms with Crippen LogP contribution in [-0.2, 0) is 6.42 Å². The zero-order valence-electron chi connectivity index (χ0n) is 11.8. The largest absolute Gasteiger partial charge is 0.349 e. The Hall–Kier alpha value is -1.80. The molecule has 2 aromatic heterocycles. The fourth-order valence-electron chi connectivity index (χ4n) is 2.24. The third-order valence-corrected chi connectivity index (χ3v) is 4.32. The van der Waals surface area contributed by atoms with E-state index < -0.39 is 0 Å². The van der Waals surface area contributed by atoms with E-state index in [-0.39, 0.29) is 17.8 Å². The lowest BCUT2D eigenvalue weighted by Gasteiger charge is -2.01. The second kappa shape index (κ2) is 6.31. The minimum atomic E-state index is -0.309. The zero-order valence-corrected chi connectivity index (χ0v) is 12.6. The first-order valence-corrected chi connectivity index (χ1v) is 7.86. The van der Waals surface area contributed by atoms with Crippen molar-refractivity contribution in [2.75, 3.05) is 13.1 Å². The first-order chi connectivity index (χ1) is 10.2. The van der Waals surface area contributed by atoms with Gasteiger partial charge >= 0.3 is 0 Å². The van der Waals surface area contributed by atoms with Crippen molar-refractivity contribution < 1.29 is 9.32 Å². The van der Waals surface area contributed by atoms with Crippen LogP contribution in [0, 0.1) is 6.92 Å². The molecule has 1 saturated heterocycles. The highest BCUT2D eigenvalue weighted by Gasteiger charge is 2.24. The summed E-state index contributed by atoms with van der Waals surface area (Å²) in [6.45, 7) is 3.41. The third kappa shape index (κ3) is 3.45. The van der Waals surface area contributed by atoms with Crippen molar-refractivity contribution in [3.8, 4) is 0 Å². The fraction of sp³-hybridized carbons (Fsp3) is 0.538. The van der Waals surface area contributed by atoms with E-state index in [1.807, 2.05) is 12.3 Å². The smallest absolute Gasteiger partial charge is 0.292 e. The van der Waals surface area contributed by atoms with Gasteiger partial charge in [-0.25, -0.2) is 4.98 Å². The second-order valence-electron chi connectivity index (χ2n) is 4.99. The van der Waals surface area contributed by atoms with Gasteiger partial charge < -0.3 is 15.2 Å². The van der Waals surface area contributed by atoms with Crippen LogP contribution < -0.4 is 10.6 Å². The van der Waals surface area contributed by atoms with E-state index >= 15 is 0 Å². The van der Waals surface area contributed by atoms with E-state index in [0.29, 0.717) is 18.9 Å². The van der Waals surface area contributed by atoms with Gasteiger partial charge in [0.15, 0.2) is 0 Å². The van der Waals surface area contributed by atoms with Crippen LogP contribution >= 0.6 is 11.3 Å².